The second-order valence-electron chi connectivity index (χ2n) is 6.11. The van der Waals surface area contributed by atoms with Crippen molar-refractivity contribution in [2.75, 3.05) is 7.11 Å². The lowest BCUT2D eigenvalue weighted by atomic mass is 9.95. The summed E-state index contributed by atoms with van der Waals surface area (Å²) in [4.78, 5) is 2.63. The summed E-state index contributed by atoms with van der Waals surface area (Å²) in [5, 5.41) is 0. The van der Waals surface area contributed by atoms with Gasteiger partial charge in [-0.05, 0) is 41.7 Å². The molecule has 1 unspecified atom stereocenters. The first-order valence-corrected chi connectivity index (χ1v) is 7.70. The van der Waals surface area contributed by atoms with Crippen LogP contribution in [0.4, 0.5) is 0 Å². The molecule has 0 saturated heterocycles. The Morgan fingerprint density at radius 2 is 1.95 bits per heavy atom. The Bertz CT molecular complexity index is 568. The summed E-state index contributed by atoms with van der Waals surface area (Å²) in [5.41, 5.74) is 7.75. The molecule has 0 bridgehead atoms. The van der Waals surface area contributed by atoms with Gasteiger partial charge in [0.2, 0.25) is 0 Å². The molecule has 0 aliphatic carbocycles. The maximum Gasteiger partial charge on any atom is 0.119 e. The van der Waals surface area contributed by atoms with Crippen LogP contribution < -0.4 is 10.5 Å². The zero-order valence-electron chi connectivity index (χ0n) is 12.6. The van der Waals surface area contributed by atoms with Gasteiger partial charge in [0.1, 0.15) is 5.75 Å². The van der Waals surface area contributed by atoms with E-state index in [1.165, 1.54) is 15.3 Å². The van der Waals surface area contributed by atoms with E-state index in [0.717, 1.165) is 12.2 Å². The van der Waals surface area contributed by atoms with E-state index < -0.39 is 0 Å². The summed E-state index contributed by atoms with van der Waals surface area (Å²) in [7, 11) is 1.69. The molecule has 0 radical (unpaired) electrons. The molecule has 0 fully saturated rings. The van der Waals surface area contributed by atoms with Gasteiger partial charge in [0.05, 0.1) is 7.11 Å². The van der Waals surface area contributed by atoms with Crippen LogP contribution in [0.2, 0.25) is 0 Å². The molecule has 0 aliphatic rings. The highest BCUT2D eigenvalue weighted by molar-refractivity contribution is 7.12. The molecular formula is C17H23NOS. The van der Waals surface area contributed by atoms with Crippen molar-refractivity contribution in [2.24, 2.45) is 5.73 Å². The molecular weight excluding hydrogens is 266 g/mol. The average Bonchev–Trinajstić information content (AvgIpc) is 2.88. The van der Waals surface area contributed by atoms with Gasteiger partial charge in [-0.15, -0.1) is 11.3 Å². The molecule has 1 atom stereocenters. The van der Waals surface area contributed by atoms with E-state index in [1.54, 1.807) is 7.11 Å². The highest BCUT2D eigenvalue weighted by Gasteiger charge is 2.18. The molecule has 20 heavy (non-hydrogen) atoms. The maximum absolute atomic E-state index is 6.34. The number of benzene rings is 1. The average molecular weight is 289 g/mol. The highest BCUT2D eigenvalue weighted by atomic mass is 32.1. The molecule has 2 N–H and O–H groups in total. The van der Waals surface area contributed by atoms with Crippen molar-refractivity contribution in [3.05, 3.63) is 51.7 Å². The zero-order valence-corrected chi connectivity index (χ0v) is 13.5. The summed E-state index contributed by atoms with van der Waals surface area (Å²) >= 11 is 1.82. The predicted molar refractivity (Wildman–Crippen MR) is 86.6 cm³/mol. The fourth-order valence-corrected chi connectivity index (χ4v) is 3.18. The third-order valence-electron chi connectivity index (χ3n) is 3.32. The lowest BCUT2D eigenvalue weighted by Gasteiger charge is -2.16. The van der Waals surface area contributed by atoms with E-state index in [-0.39, 0.29) is 11.5 Å². The molecule has 2 nitrogen and oxygen atoms in total. The summed E-state index contributed by atoms with van der Waals surface area (Å²) in [6.45, 7) is 6.70. The number of methoxy groups -OCH3 is 1. The molecule has 2 aromatic rings. The molecule has 0 amide bonds. The number of hydrogen-bond acceptors (Lipinski definition) is 3. The Hall–Kier alpha value is -1.32. The Balaban J connectivity index is 2.11. The first kappa shape index (κ1) is 15.1. The van der Waals surface area contributed by atoms with Crippen molar-refractivity contribution in [1.29, 1.82) is 0 Å². The van der Waals surface area contributed by atoms with Crippen LogP contribution in [0.3, 0.4) is 0 Å². The molecule has 2 rings (SSSR count). The van der Waals surface area contributed by atoms with Crippen LogP contribution >= 0.6 is 11.3 Å². The maximum atomic E-state index is 6.34. The number of ether oxygens (including phenoxy) is 1. The van der Waals surface area contributed by atoms with Crippen LogP contribution in [0.1, 0.15) is 42.1 Å². The molecule has 1 aromatic heterocycles. The fraction of sp³-hybridized carbons (Fsp3) is 0.412. The largest absolute Gasteiger partial charge is 0.497 e. The van der Waals surface area contributed by atoms with Gasteiger partial charge in [0.15, 0.2) is 0 Å². The normalized spacial score (nSPS) is 13.2. The Morgan fingerprint density at radius 3 is 2.55 bits per heavy atom. The van der Waals surface area contributed by atoms with Crippen LogP contribution in [-0.2, 0) is 11.8 Å². The van der Waals surface area contributed by atoms with Crippen molar-refractivity contribution in [1.82, 2.24) is 0 Å². The van der Waals surface area contributed by atoms with E-state index in [4.69, 9.17) is 10.5 Å². The fourth-order valence-electron chi connectivity index (χ4n) is 2.11. The van der Waals surface area contributed by atoms with Gasteiger partial charge in [0, 0.05) is 15.8 Å². The molecule has 0 saturated carbocycles. The van der Waals surface area contributed by atoms with Crippen molar-refractivity contribution in [2.45, 2.75) is 38.6 Å². The van der Waals surface area contributed by atoms with Gasteiger partial charge in [-0.2, -0.15) is 0 Å². The van der Waals surface area contributed by atoms with Crippen LogP contribution in [0.25, 0.3) is 0 Å². The molecule has 3 heteroatoms. The van der Waals surface area contributed by atoms with E-state index in [1.807, 2.05) is 23.5 Å². The van der Waals surface area contributed by atoms with Crippen molar-refractivity contribution in [3.63, 3.8) is 0 Å². The van der Waals surface area contributed by atoms with Gasteiger partial charge in [-0.3, -0.25) is 0 Å². The predicted octanol–water partition coefficient (Wildman–Crippen LogP) is 4.30. The number of thiophene rings is 1. The smallest absolute Gasteiger partial charge is 0.119 e. The molecule has 0 aliphatic heterocycles. The quantitative estimate of drug-likeness (QED) is 0.911. The number of rotatable bonds is 4. The van der Waals surface area contributed by atoms with E-state index in [0.29, 0.717) is 0 Å². The van der Waals surface area contributed by atoms with Gasteiger partial charge >= 0.3 is 0 Å². The lowest BCUT2D eigenvalue weighted by molar-refractivity contribution is 0.414. The van der Waals surface area contributed by atoms with Gasteiger partial charge in [-0.1, -0.05) is 32.9 Å². The lowest BCUT2D eigenvalue weighted by Crippen LogP contribution is -2.12. The monoisotopic (exact) mass is 289 g/mol. The third kappa shape index (κ3) is 3.62. The number of hydrogen-bond donors (Lipinski definition) is 1. The van der Waals surface area contributed by atoms with E-state index >= 15 is 0 Å². The van der Waals surface area contributed by atoms with Crippen LogP contribution in [-0.4, -0.2) is 7.11 Å². The van der Waals surface area contributed by atoms with Crippen LogP contribution in [0.5, 0.6) is 5.75 Å². The second kappa shape index (κ2) is 5.98. The third-order valence-corrected chi connectivity index (χ3v) is 4.96. The summed E-state index contributed by atoms with van der Waals surface area (Å²) < 4.78 is 5.25. The second-order valence-corrected chi connectivity index (χ2v) is 7.23. The first-order valence-electron chi connectivity index (χ1n) is 6.89. The molecule has 0 spiro atoms. The van der Waals surface area contributed by atoms with Crippen molar-refractivity contribution in [3.8, 4) is 5.75 Å². The minimum absolute atomic E-state index is 0.0446. The molecule has 1 aromatic carbocycles. The van der Waals surface area contributed by atoms with E-state index in [2.05, 4.69) is 45.0 Å². The minimum atomic E-state index is 0.0446. The molecule has 108 valence electrons. The Labute approximate surface area is 125 Å². The summed E-state index contributed by atoms with van der Waals surface area (Å²) in [6.07, 6.45) is 0.835. The first-order chi connectivity index (χ1) is 9.40. The summed E-state index contributed by atoms with van der Waals surface area (Å²) in [6, 6.07) is 12.5. The minimum Gasteiger partial charge on any atom is -0.497 e. The van der Waals surface area contributed by atoms with Crippen molar-refractivity contribution < 1.29 is 4.74 Å². The van der Waals surface area contributed by atoms with Gasteiger partial charge in [0.25, 0.3) is 0 Å². The van der Waals surface area contributed by atoms with Gasteiger partial charge in [-0.25, -0.2) is 0 Å². The highest BCUT2D eigenvalue weighted by Crippen LogP contribution is 2.32. The summed E-state index contributed by atoms with van der Waals surface area (Å²) in [5.74, 6) is 0.885. The number of nitrogens with two attached hydrogens (primary N) is 1. The topological polar surface area (TPSA) is 35.2 Å². The standard InChI is InChI=1S/C17H23NOS/c1-17(2,3)16-9-8-15(20-16)14(18)11-12-6-5-7-13(10-12)19-4/h5-10,14H,11,18H2,1-4H3. The molecule has 1 heterocycles. The Kier molecular flexibility index (Phi) is 4.51. The van der Waals surface area contributed by atoms with Gasteiger partial charge < -0.3 is 10.5 Å². The van der Waals surface area contributed by atoms with Crippen LogP contribution in [0.15, 0.2) is 36.4 Å². The Morgan fingerprint density at radius 1 is 1.20 bits per heavy atom. The van der Waals surface area contributed by atoms with Crippen molar-refractivity contribution >= 4 is 11.3 Å². The van der Waals surface area contributed by atoms with Crippen LogP contribution in [0, 0.1) is 0 Å². The zero-order chi connectivity index (χ0) is 14.8. The SMILES string of the molecule is COc1cccc(CC(N)c2ccc(C(C)(C)C)s2)c1. The van der Waals surface area contributed by atoms with E-state index in [9.17, 15) is 0 Å².